The molecule has 0 aromatic heterocycles. The van der Waals surface area contributed by atoms with Crippen molar-refractivity contribution in [3.05, 3.63) is 0 Å². The highest BCUT2D eigenvalue weighted by molar-refractivity contribution is 5.78. The van der Waals surface area contributed by atoms with Crippen molar-refractivity contribution < 1.29 is 14.4 Å². The lowest BCUT2D eigenvalue weighted by molar-refractivity contribution is -0.139. The fourth-order valence-corrected chi connectivity index (χ4v) is 2.54. The Bertz CT molecular complexity index is 310. The van der Waals surface area contributed by atoms with E-state index in [0.717, 1.165) is 19.3 Å². The van der Waals surface area contributed by atoms with Gasteiger partial charge in [-0.1, -0.05) is 32.1 Å². The number of amides is 2. The van der Waals surface area contributed by atoms with Crippen molar-refractivity contribution in [3.63, 3.8) is 0 Å². The number of nitrogens with one attached hydrogen (secondary N) is 2. The topological polar surface area (TPSA) is 67.4 Å². The number of hydrogen-bond donors (Lipinski definition) is 2. The minimum atomic E-state index is -0.157. The SMILES string of the molecule is O=C(CCC1CCCCC1)NOCC(=O)NC1CC1. The monoisotopic (exact) mass is 268 g/mol. The number of carbonyl (C=O) groups is 2. The Labute approximate surface area is 114 Å². The second kappa shape index (κ2) is 7.48. The molecule has 2 rings (SSSR count). The van der Waals surface area contributed by atoms with Gasteiger partial charge in [0.05, 0.1) is 0 Å². The summed E-state index contributed by atoms with van der Waals surface area (Å²) in [6.45, 7) is -0.0916. The maximum absolute atomic E-state index is 11.5. The van der Waals surface area contributed by atoms with Gasteiger partial charge in [-0.25, -0.2) is 5.48 Å². The van der Waals surface area contributed by atoms with E-state index in [1.54, 1.807) is 0 Å². The predicted octanol–water partition coefficient (Wildman–Crippen LogP) is 1.67. The van der Waals surface area contributed by atoms with Gasteiger partial charge in [-0.2, -0.15) is 0 Å². The summed E-state index contributed by atoms with van der Waals surface area (Å²) in [4.78, 5) is 27.7. The van der Waals surface area contributed by atoms with Crippen LogP contribution in [0.25, 0.3) is 0 Å². The Morgan fingerprint density at radius 3 is 2.42 bits per heavy atom. The third-order valence-electron chi connectivity index (χ3n) is 3.84. The maximum atomic E-state index is 11.5. The molecule has 0 heterocycles. The van der Waals surface area contributed by atoms with Crippen LogP contribution in [0.2, 0.25) is 0 Å². The average Bonchev–Trinajstić information content (AvgIpc) is 3.21. The zero-order chi connectivity index (χ0) is 13.5. The molecule has 0 aromatic carbocycles. The van der Waals surface area contributed by atoms with Crippen molar-refractivity contribution in [3.8, 4) is 0 Å². The molecule has 108 valence electrons. The summed E-state index contributed by atoms with van der Waals surface area (Å²) in [6.07, 6.45) is 9.96. The van der Waals surface area contributed by atoms with E-state index in [9.17, 15) is 9.59 Å². The summed E-state index contributed by atoms with van der Waals surface area (Å²) in [5.41, 5.74) is 2.35. The van der Waals surface area contributed by atoms with E-state index >= 15 is 0 Å². The molecule has 2 aliphatic rings. The van der Waals surface area contributed by atoms with Gasteiger partial charge in [0.15, 0.2) is 6.61 Å². The Morgan fingerprint density at radius 2 is 1.74 bits per heavy atom. The molecule has 19 heavy (non-hydrogen) atoms. The van der Waals surface area contributed by atoms with E-state index in [0.29, 0.717) is 18.4 Å². The van der Waals surface area contributed by atoms with E-state index in [-0.39, 0.29) is 18.4 Å². The van der Waals surface area contributed by atoms with Gasteiger partial charge in [0.1, 0.15) is 0 Å². The summed E-state index contributed by atoms with van der Waals surface area (Å²) in [7, 11) is 0. The molecule has 0 radical (unpaired) electrons. The normalized spacial score (nSPS) is 20.0. The Balaban J connectivity index is 1.47. The molecular formula is C14H24N2O3. The summed E-state index contributed by atoms with van der Waals surface area (Å²) in [5.74, 6) is 0.414. The maximum Gasteiger partial charge on any atom is 0.248 e. The van der Waals surface area contributed by atoms with Crippen molar-refractivity contribution in [1.29, 1.82) is 0 Å². The Kier molecular flexibility index (Phi) is 5.63. The lowest BCUT2D eigenvalue weighted by Gasteiger charge is -2.20. The smallest absolute Gasteiger partial charge is 0.248 e. The fourth-order valence-electron chi connectivity index (χ4n) is 2.54. The highest BCUT2D eigenvalue weighted by Crippen LogP contribution is 2.27. The lowest BCUT2D eigenvalue weighted by Crippen LogP contribution is -2.34. The van der Waals surface area contributed by atoms with Gasteiger partial charge in [-0.05, 0) is 25.2 Å². The molecule has 2 fully saturated rings. The first-order valence-corrected chi connectivity index (χ1v) is 7.44. The van der Waals surface area contributed by atoms with Crippen LogP contribution in [0.5, 0.6) is 0 Å². The molecule has 0 saturated heterocycles. The van der Waals surface area contributed by atoms with Crippen LogP contribution >= 0.6 is 0 Å². The van der Waals surface area contributed by atoms with E-state index in [2.05, 4.69) is 10.8 Å². The summed E-state index contributed by atoms with van der Waals surface area (Å²) in [5, 5.41) is 2.80. The third kappa shape index (κ3) is 6.05. The second-order valence-corrected chi connectivity index (χ2v) is 5.70. The summed E-state index contributed by atoms with van der Waals surface area (Å²) >= 11 is 0. The van der Waals surface area contributed by atoms with Gasteiger partial charge in [-0.3, -0.25) is 14.4 Å². The second-order valence-electron chi connectivity index (χ2n) is 5.70. The van der Waals surface area contributed by atoms with Crippen LogP contribution in [0.4, 0.5) is 0 Å². The average molecular weight is 268 g/mol. The highest BCUT2D eigenvalue weighted by atomic mass is 16.7. The van der Waals surface area contributed by atoms with E-state index in [4.69, 9.17) is 4.84 Å². The highest BCUT2D eigenvalue weighted by Gasteiger charge is 2.23. The van der Waals surface area contributed by atoms with Gasteiger partial charge in [0, 0.05) is 12.5 Å². The van der Waals surface area contributed by atoms with E-state index in [1.807, 2.05) is 0 Å². The van der Waals surface area contributed by atoms with Gasteiger partial charge in [-0.15, -0.1) is 0 Å². The van der Waals surface area contributed by atoms with Crippen molar-refractivity contribution in [1.82, 2.24) is 10.8 Å². The Morgan fingerprint density at radius 1 is 1.00 bits per heavy atom. The van der Waals surface area contributed by atoms with Gasteiger partial charge in [0.25, 0.3) is 0 Å². The van der Waals surface area contributed by atoms with Gasteiger partial charge in [0.2, 0.25) is 11.8 Å². The number of carbonyl (C=O) groups excluding carboxylic acids is 2. The quantitative estimate of drug-likeness (QED) is 0.690. The predicted molar refractivity (Wildman–Crippen MR) is 71.1 cm³/mol. The molecule has 2 amide bonds. The first-order valence-electron chi connectivity index (χ1n) is 7.44. The van der Waals surface area contributed by atoms with Crippen LogP contribution in [0.3, 0.4) is 0 Å². The largest absolute Gasteiger partial charge is 0.351 e. The van der Waals surface area contributed by atoms with Crippen LogP contribution in [-0.2, 0) is 14.4 Å². The van der Waals surface area contributed by atoms with Crippen molar-refractivity contribution in [2.45, 2.75) is 63.8 Å². The van der Waals surface area contributed by atoms with Crippen LogP contribution in [-0.4, -0.2) is 24.5 Å². The van der Waals surface area contributed by atoms with Crippen LogP contribution in [0.15, 0.2) is 0 Å². The first-order chi connectivity index (χ1) is 9.24. The first kappa shape index (κ1) is 14.3. The third-order valence-corrected chi connectivity index (χ3v) is 3.84. The number of rotatable bonds is 7. The van der Waals surface area contributed by atoms with Crippen molar-refractivity contribution in [2.24, 2.45) is 5.92 Å². The Hall–Kier alpha value is -1.10. The molecule has 2 saturated carbocycles. The number of hydrogen-bond acceptors (Lipinski definition) is 3. The molecule has 0 unspecified atom stereocenters. The minimum absolute atomic E-state index is 0.0916. The van der Waals surface area contributed by atoms with Crippen molar-refractivity contribution >= 4 is 11.8 Å². The lowest BCUT2D eigenvalue weighted by atomic mass is 9.86. The van der Waals surface area contributed by atoms with Crippen LogP contribution < -0.4 is 10.8 Å². The molecular weight excluding hydrogens is 244 g/mol. The van der Waals surface area contributed by atoms with Crippen LogP contribution in [0.1, 0.15) is 57.8 Å². The fraction of sp³-hybridized carbons (Fsp3) is 0.857. The molecule has 0 bridgehead atoms. The molecule has 0 aromatic rings. The molecule has 5 nitrogen and oxygen atoms in total. The zero-order valence-corrected chi connectivity index (χ0v) is 11.5. The standard InChI is InChI=1S/C14H24N2O3/c17-13(9-6-11-4-2-1-3-5-11)16-19-10-14(18)15-12-7-8-12/h11-12H,1-10H2,(H,15,18)(H,16,17). The van der Waals surface area contributed by atoms with Crippen LogP contribution in [0, 0.1) is 5.92 Å². The molecule has 2 N–H and O–H groups in total. The summed E-state index contributed by atoms with van der Waals surface area (Å²) in [6, 6.07) is 0.332. The van der Waals surface area contributed by atoms with Gasteiger partial charge >= 0.3 is 0 Å². The summed E-state index contributed by atoms with van der Waals surface area (Å²) < 4.78 is 0. The molecule has 0 aliphatic heterocycles. The molecule has 2 aliphatic carbocycles. The molecule has 0 spiro atoms. The van der Waals surface area contributed by atoms with Crippen molar-refractivity contribution in [2.75, 3.05) is 6.61 Å². The molecule has 5 heteroatoms. The van der Waals surface area contributed by atoms with E-state index < -0.39 is 0 Å². The van der Waals surface area contributed by atoms with Gasteiger partial charge < -0.3 is 5.32 Å². The van der Waals surface area contributed by atoms with E-state index in [1.165, 1.54) is 32.1 Å². The molecule has 0 atom stereocenters. The number of hydroxylamine groups is 1. The minimum Gasteiger partial charge on any atom is -0.351 e. The zero-order valence-electron chi connectivity index (χ0n) is 11.5.